The molecule has 0 amide bonds. The average Bonchev–Trinajstić information content (AvgIpc) is 2.25. The van der Waals surface area contributed by atoms with Gasteiger partial charge >= 0.3 is 0 Å². The first kappa shape index (κ1) is 13.9. The second-order valence-corrected chi connectivity index (χ2v) is 5.90. The summed E-state index contributed by atoms with van der Waals surface area (Å²) in [5.41, 5.74) is 0.340. The number of piperazine rings is 1. The molecule has 0 N–H and O–H groups in total. The molecule has 1 rings (SSSR count). The quantitative estimate of drug-likeness (QED) is 0.718. The van der Waals surface area contributed by atoms with E-state index in [1.807, 2.05) is 0 Å². The molecule has 0 spiro atoms. The van der Waals surface area contributed by atoms with E-state index in [9.17, 15) is 0 Å². The van der Waals surface area contributed by atoms with Gasteiger partial charge in [-0.15, -0.1) is 0 Å². The van der Waals surface area contributed by atoms with Gasteiger partial charge in [-0.05, 0) is 34.4 Å². The van der Waals surface area contributed by atoms with Crippen LogP contribution in [0.25, 0.3) is 0 Å². The molecule has 0 atom stereocenters. The van der Waals surface area contributed by atoms with Gasteiger partial charge in [0.2, 0.25) is 0 Å². The fourth-order valence-electron chi connectivity index (χ4n) is 2.11. The Kier molecular flexibility index (Phi) is 5.22. The minimum Gasteiger partial charge on any atom is -0.305 e. The van der Waals surface area contributed by atoms with E-state index >= 15 is 0 Å². The summed E-state index contributed by atoms with van der Waals surface area (Å²) in [4.78, 5) is 7.57. The van der Waals surface area contributed by atoms with E-state index in [0.717, 1.165) is 6.54 Å². The first-order valence-corrected chi connectivity index (χ1v) is 6.59. The Hall–Kier alpha value is -0.120. The van der Waals surface area contributed by atoms with Gasteiger partial charge in [0.1, 0.15) is 0 Å². The summed E-state index contributed by atoms with van der Waals surface area (Å²) in [5.74, 6) is 0. The van der Waals surface area contributed by atoms with Crippen LogP contribution in [-0.4, -0.2) is 73.1 Å². The maximum Gasteiger partial charge on any atom is 0.0126 e. The molecular formula is C13H29N3. The van der Waals surface area contributed by atoms with Crippen molar-refractivity contribution in [3.05, 3.63) is 0 Å². The van der Waals surface area contributed by atoms with Gasteiger partial charge in [0.15, 0.2) is 0 Å². The van der Waals surface area contributed by atoms with Crippen molar-refractivity contribution in [2.24, 2.45) is 0 Å². The maximum atomic E-state index is 2.59. The van der Waals surface area contributed by atoms with Gasteiger partial charge in [-0.1, -0.05) is 6.92 Å². The second kappa shape index (κ2) is 5.99. The monoisotopic (exact) mass is 227 g/mol. The Morgan fingerprint density at radius 1 is 1.06 bits per heavy atom. The van der Waals surface area contributed by atoms with Gasteiger partial charge in [0.05, 0.1) is 0 Å². The zero-order valence-electron chi connectivity index (χ0n) is 11.8. The smallest absolute Gasteiger partial charge is 0.0126 e. The van der Waals surface area contributed by atoms with Crippen LogP contribution in [-0.2, 0) is 0 Å². The first-order valence-electron chi connectivity index (χ1n) is 6.59. The van der Waals surface area contributed by atoms with E-state index in [-0.39, 0.29) is 0 Å². The molecule has 0 radical (unpaired) electrons. The van der Waals surface area contributed by atoms with Crippen molar-refractivity contribution in [3.8, 4) is 0 Å². The number of hydrogen-bond acceptors (Lipinski definition) is 3. The molecule has 1 aliphatic rings. The van der Waals surface area contributed by atoms with Crippen molar-refractivity contribution in [1.29, 1.82) is 0 Å². The fraction of sp³-hybridized carbons (Fsp3) is 1.00. The molecule has 0 aliphatic carbocycles. The summed E-state index contributed by atoms with van der Waals surface area (Å²) >= 11 is 0. The van der Waals surface area contributed by atoms with Crippen molar-refractivity contribution in [3.63, 3.8) is 0 Å². The van der Waals surface area contributed by atoms with Gasteiger partial charge in [0, 0.05) is 44.8 Å². The van der Waals surface area contributed by atoms with Crippen molar-refractivity contribution >= 4 is 0 Å². The molecule has 16 heavy (non-hydrogen) atoms. The van der Waals surface area contributed by atoms with E-state index in [4.69, 9.17) is 0 Å². The third-order valence-electron chi connectivity index (χ3n) is 3.66. The lowest BCUT2D eigenvalue weighted by atomic mass is 10.1. The van der Waals surface area contributed by atoms with E-state index in [2.05, 4.69) is 49.4 Å². The van der Waals surface area contributed by atoms with Crippen LogP contribution in [0.5, 0.6) is 0 Å². The molecule has 1 heterocycles. The topological polar surface area (TPSA) is 9.72 Å². The van der Waals surface area contributed by atoms with Crippen molar-refractivity contribution < 1.29 is 0 Å². The van der Waals surface area contributed by atoms with Gasteiger partial charge < -0.3 is 4.90 Å². The Labute approximate surface area is 101 Å². The molecule has 1 saturated heterocycles. The molecular weight excluding hydrogens is 198 g/mol. The van der Waals surface area contributed by atoms with Crippen LogP contribution in [0.15, 0.2) is 0 Å². The largest absolute Gasteiger partial charge is 0.305 e. The number of likely N-dealkylation sites (N-methyl/N-ethyl adjacent to an activating group) is 1. The molecule has 1 aliphatic heterocycles. The highest BCUT2D eigenvalue weighted by Crippen LogP contribution is 2.15. The maximum absolute atomic E-state index is 2.59. The zero-order valence-corrected chi connectivity index (χ0v) is 11.8. The van der Waals surface area contributed by atoms with Crippen LogP contribution in [0.3, 0.4) is 0 Å². The van der Waals surface area contributed by atoms with Crippen molar-refractivity contribution in [1.82, 2.24) is 14.7 Å². The molecule has 0 bridgehead atoms. The highest BCUT2D eigenvalue weighted by atomic mass is 15.3. The minimum atomic E-state index is 0.340. The van der Waals surface area contributed by atoms with E-state index in [0.29, 0.717) is 5.54 Å². The molecule has 0 unspecified atom stereocenters. The molecule has 0 saturated carbocycles. The number of nitrogens with zero attached hydrogens (tertiary/aromatic N) is 3. The lowest BCUT2D eigenvalue weighted by Crippen LogP contribution is -2.54. The van der Waals surface area contributed by atoms with Gasteiger partial charge in [0.25, 0.3) is 0 Å². The third-order valence-corrected chi connectivity index (χ3v) is 3.66. The normalized spacial score (nSPS) is 20.6. The van der Waals surface area contributed by atoms with Crippen molar-refractivity contribution in [2.75, 3.05) is 52.9 Å². The van der Waals surface area contributed by atoms with Crippen LogP contribution >= 0.6 is 0 Å². The summed E-state index contributed by atoms with van der Waals surface area (Å²) in [6.45, 7) is 17.6. The predicted molar refractivity (Wildman–Crippen MR) is 70.9 cm³/mol. The fourth-order valence-corrected chi connectivity index (χ4v) is 2.11. The lowest BCUT2D eigenvalue weighted by Gasteiger charge is -2.42. The van der Waals surface area contributed by atoms with E-state index in [1.165, 1.54) is 39.3 Å². The molecule has 0 aromatic carbocycles. The zero-order chi connectivity index (χ0) is 12.2. The average molecular weight is 227 g/mol. The van der Waals surface area contributed by atoms with Gasteiger partial charge in [-0.3, -0.25) is 9.80 Å². The molecule has 96 valence electrons. The summed E-state index contributed by atoms with van der Waals surface area (Å²) in [6.07, 6.45) is 0. The second-order valence-electron chi connectivity index (χ2n) is 5.90. The Morgan fingerprint density at radius 2 is 1.62 bits per heavy atom. The molecule has 3 heteroatoms. The number of rotatable bonds is 4. The highest BCUT2D eigenvalue weighted by molar-refractivity contribution is 4.81. The Morgan fingerprint density at radius 3 is 2.06 bits per heavy atom. The van der Waals surface area contributed by atoms with Crippen LogP contribution < -0.4 is 0 Å². The van der Waals surface area contributed by atoms with E-state index < -0.39 is 0 Å². The minimum absolute atomic E-state index is 0.340. The summed E-state index contributed by atoms with van der Waals surface area (Å²) in [5, 5.41) is 0. The number of hydrogen-bond donors (Lipinski definition) is 0. The van der Waals surface area contributed by atoms with Crippen molar-refractivity contribution in [2.45, 2.75) is 33.2 Å². The summed E-state index contributed by atoms with van der Waals surface area (Å²) in [7, 11) is 2.20. The van der Waals surface area contributed by atoms with Gasteiger partial charge in [-0.25, -0.2) is 0 Å². The standard InChI is InChI=1S/C13H29N3/c1-6-14(5)7-8-15-9-11-16(12-10-15)13(2,3)4/h6-12H2,1-5H3. The summed E-state index contributed by atoms with van der Waals surface area (Å²) in [6, 6.07) is 0. The summed E-state index contributed by atoms with van der Waals surface area (Å²) < 4.78 is 0. The molecule has 3 nitrogen and oxygen atoms in total. The van der Waals surface area contributed by atoms with Crippen LogP contribution in [0.1, 0.15) is 27.7 Å². The van der Waals surface area contributed by atoms with Gasteiger partial charge in [-0.2, -0.15) is 0 Å². The first-order chi connectivity index (χ1) is 7.43. The Bertz CT molecular complexity index is 190. The molecule has 1 fully saturated rings. The molecule has 0 aromatic rings. The highest BCUT2D eigenvalue weighted by Gasteiger charge is 2.25. The predicted octanol–water partition coefficient (Wildman–Crippen LogP) is 1.35. The van der Waals surface area contributed by atoms with Crippen LogP contribution in [0, 0.1) is 0 Å². The van der Waals surface area contributed by atoms with Crippen LogP contribution in [0.2, 0.25) is 0 Å². The third kappa shape index (κ3) is 4.40. The SMILES string of the molecule is CCN(C)CCN1CCN(C(C)(C)C)CC1. The Balaban J connectivity index is 2.22. The van der Waals surface area contributed by atoms with E-state index in [1.54, 1.807) is 0 Å². The molecule has 0 aromatic heterocycles. The lowest BCUT2D eigenvalue weighted by molar-refractivity contribution is 0.0590. The van der Waals surface area contributed by atoms with Crippen LogP contribution in [0.4, 0.5) is 0 Å².